The summed E-state index contributed by atoms with van der Waals surface area (Å²) in [7, 11) is 0. The minimum atomic E-state index is -4.35. The molecule has 1 nitrogen and oxygen atoms in total. The van der Waals surface area contributed by atoms with Gasteiger partial charge in [0, 0.05) is 0 Å². The highest BCUT2D eigenvalue weighted by molar-refractivity contribution is 5.28. The lowest BCUT2D eigenvalue weighted by molar-refractivity contribution is -0.137. The molecule has 1 N–H and O–H groups in total. The number of benzene rings is 1. The summed E-state index contributed by atoms with van der Waals surface area (Å²) in [5.41, 5.74) is -0.616. The van der Waals surface area contributed by atoms with Gasteiger partial charge in [0.15, 0.2) is 0 Å². The monoisotopic (exact) mass is 175 g/mol. The maximum absolute atomic E-state index is 12.0. The summed E-state index contributed by atoms with van der Waals surface area (Å²) >= 11 is 0. The Bertz CT molecular complexity index is 267. The van der Waals surface area contributed by atoms with Crippen LogP contribution in [0, 0.1) is 6.61 Å². The zero-order chi connectivity index (χ0) is 9.19. The van der Waals surface area contributed by atoms with Crippen LogP contribution in [-0.2, 0) is 6.18 Å². The fourth-order valence-corrected chi connectivity index (χ4v) is 0.795. The van der Waals surface area contributed by atoms with Crippen molar-refractivity contribution in [3.8, 4) is 0 Å². The average molecular weight is 175 g/mol. The van der Waals surface area contributed by atoms with Crippen LogP contribution < -0.4 is 0 Å². The Morgan fingerprint density at radius 3 is 2.42 bits per heavy atom. The fourth-order valence-electron chi connectivity index (χ4n) is 0.795. The van der Waals surface area contributed by atoms with E-state index >= 15 is 0 Å². The van der Waals surface area contributed by atoms with Crippen LogP contribution in [0.15, 0.2) is 24.3 Å². The first-order valence-electron chi connectivity index (χ1n) is 3.19. The molecule has 1 radical (unpaired) electrons. The first kappa shape index (κ1) is 9.06. The number of alkyl halides is 3. The molecule has 0 atom stereocenters. The first-order valence-corrected chi connectivity index (χ1v) is 3.19. The highest BCUT2D eigenvalue weighted by Gasteiger charge is 2.30. The summed E-state index contributed by atoms with van der Waals surface area (Å²) in [4.78, 5) is 0. The average Bonchev–Trinajstić information content (AvgIpc) is 2.03. The number of halogens is 3. The molecule has 0 saturated heterocycles. The summed E-state index contributed by atoms with van der Waals surface area (Å²) < 4.78 is 36.0. The molecule has 1 aromatic carbocycles. The van der Waals surface area contributed by atoms with Gasteiger partial charge in [-0.25, -0.2) is 0 Å². The Morgan fingerprint density at radius 1 is 1.25 bits per heavy atom. The van der Waals surface area contributed by atoms with Crippen LogP contribution in [-0.4, -0.2) is 5.11 Å². The van der Waals surface area contributed by atoms with Crippen molar-refractivity contribution in [2.45, 2.75) is 6.18 Å². The molecule has 0 unspecified atom stereocenters. The van der Waals surface area contributed by atoms with Gasteiger partial charge in [0.1, 0.15) is 6.61 Å². The highest BCUT2D eigenvalue weighted by atomic mass is 19.4. The Kier molecular flexibility index (Phi) is 2.38. The Labute approximate surface area is 67.5 Å². The molecule has 0 saturated carbocycles. The summed E-state index contributed by atoms with van der Waals surface area (Å²) in [6.07, 6.45) is -4.35. The summed E-state index contributed by atoms with van der Waals surface area (Å²) in [5, 5.41) is 8.44. The second kappa shape index (κ2) is 3.15. The van der Waals surface area contributed by atoms with E-state index < -0.39 is 11.7 Å². The van der Waals surface area contributed by atoms with E-state index in [4.69, 9.17) is 5.11 Å². The van der Waals surface area contributed by atoms with Gasteiger partial charge in [-0.05, 0) is 17.7 Å². The van der Waals surface area contributed by atoms with E-state index in [-0.39, 0.29) is 5.56 Å². The molecule has 0 spiro atoms. The van der Waals surface area contributed by atoms with Crippen LogP contribution in [0.3, 0.4) is 0 Å². The standard InChI is InChI=1S/C8H6F3O/c9-8(10,11)7-3-1-2-6(4-7)5-12/h1-5,12H. The van der Waals surface area contributed by atoms with Crippen molar-refractivity contribution in [2.75, 3.05) is 0 Å². The van der Waals surface area contributed by atoms with E-state index in [0.29, 0.717) is 6.61 Å². The lowest BCUT2D eigenvalue weighted by Gasteiger charge is -2.06. The molecule has 0 aliphatic carbocycles. The number of hydrogen-bond acceptors (Lipinski definition) is 1. The molecule has 0 aliphatic rings. The van der Waals surface area contributed by atoms with Crippen LogP contribution >= 0.6 is 0 Å². The molecule has 0 heterocycles. The van der Waals surface area contributed by atoms with Gasteiger partial charge in [-0.15, -0.1) is 0 Å². The predicted octanol–water partition coefficient (Wildman–Crippen LogP) is 2.59. The molecule has 0 aliphatic heterocycles. The van der Waals surface area contributed by atoms with Crippen molar-refractivity contribution in [3.05, 3.63) is 42.0 Å². The molecular weight excluding hydrogens is 169 g/mol. The van der Waals surface area contributed by atoms with Gasteiger partial charge in [0.25, 0.3) is 0 Å². The number of aliphatic hydroxyl groups is 1. The van der Waals surface area contributed by atoms with Gasteiger partial charge in [-0.1, -0.05) is 12.1 Å². The molecule has 12 heavy (non-hydrogen) atoms. The Hall–Kier alpha value is -1.03. The lowest BCUT2D eigenvalue weighted by atomic mass is 10.1. The molecular formula is C8H6F3O. The maximum Gasteiger partial charge on any atom is 0.416 e. The number of rotatable bonds is 1. The van der Waals surface area contributed by atoms with E-state index in [2.05, 4.69) is 0 Å². The van der Waals surface area contributed by atoms with Crippen LogP contribution in [0.25, 0.3) is 0 Å². The Morgan fingerprint density at radius 2 is 1.92 bits per heavy atom. The van der Waals surface area contributed by atoms with Gasteiger partial charge in [0.05, 0.1) is 5.56 Å². The van der Waals surface area contributed by atoms with Gasteiger partial charge in [0.2, 0.25) is 0 Å². The normalized spacial score (nSPS) is 11.7. The first-order chi connectivity index (χ1) is 5.54. The third-order valence-electron chi connectivity index (χ3n) is 1.36. The van der Waals surface area contributed by atoms with Crippen LogP contribution in [0.5, 0.6) is 0 Å². The zero-order valence-electron chi connectivity index (χ0n) is 5.97. The second-order valence-corrected chi connectivity index (χ2v) is 2.25. The number of aliphatic hydroxyl groups excluding tert-OH is 1. The molecule has 0 fully saturated rings. The van der Waals surface area contributed by atoms with Gasteiger partial charge < -0.3 is 5.11 Å². The predicted molar refractivity (Wildman–Crippen MR) is 36.8 cm³/mol. The van der Waals surface area contributed by atoms with Gasteiger partial charge >= 0.3 is 6.18 Å². The summed E-state index contributed by atoms with van der Waals surface area (Å²) in [6, 6.07) is 4.45. The zero-order valence-corrected chi connectivity index (χ0v) is 5.97. The van der Waals surface area contributed by atoms with Crippen molar-refractivity contribution in [2.24, 2.45) is 0 Å². The minimum Gasteiger partial charge on any atom is -0.385 e. The van der Waals surface area contributed by atoms with Gasteiger partial charge in [-0.2, -0.15) is 13.2 Å². The molecule has 4 heteroatoms. The fraction of sp³-hybridized carbons (Fsp3) is 0.125. The van der Waals surface area contributed by atoms with E-state index in [0.717, 1.165) is 12.1 Å². The lowest BCUT2D eigenvalue weighted by Crippen LogP contribution is -2.04. The third kappa shape index (κ3) is 1.98. The quantitative estimate of drug-likeness (QED) is 0.695. The molecule has 0 aromatic heterocycles. The van der Waals surface area contributed by atoms with Crippen molar-refractivity contribution >= 4 is 0 Å². The molecule has 1 aromatic rings. The molecule has 0 amide bonds. The van der Waals surface area contributed by atoms with Crippen LogP contribution in [0.2, 0.25) is 0 Å². The van der Waals surface area contributed by atoms with E-state index in [1.54, 1.807) is 0 Å². The maximum atomic E-state index is 12.0. The minimum absolute atomic E-state index is 0.143. The molecule has 0 bridgehead atoms. The summed E-state index contributed by atoms with van der Waals surface area (Å²) in [6.45, 7) is 0.634. The SMILES string of the molecule is O[CH]c1cccc(C(F)(F)F)c1. The third-order valence-corrected chi connectivity index (χ3v) is 1.36. The van der Waals surface area contributed by atoms with E-state index in [9.17, 15) is 13.2 Å². The largest absolute Gasteiger partial charge is 0.416 e. The van der Waals surface area contributed by atoms with Crippen LogP contribution in [0.1, 0.15) is 11.1 Å². The topological polar surface area (TPSA) is 20.2 Å². The number of hydrogen-bond donors (Lipinski definition) is 1. The van der Waals surface area contributed by atoms with Crippen LogP contribution in [0.4, 0.5) is 13.2 Å². The molecule has 1 rings (SSSR count). The van der Waals surface area contributed by atoms with E-state index in [1.807, 2.05) is 0 Å². The van der Waals surface area contributed by atoms with E-state index in [1.165, 1.54) is 12.1 Å². The van der Waals surface area contributed by atoms with Crippen molar-refractivity contribution in [3.63, 3.8) is 0 Å². The molecule has 65 valence electrons. The smallest absolute Gasteiger partial charge is 0.385 e. The Balaban J connectivity index is 3.02. The van der Waals surface area contributed by atoms with Crippen molar-refractivity contribution < 1.29 is 18.3 Å². The van der Waals surface area contributed by atoms with Gasteiger partial charge in [-0.3, -0.25) is 0 Å². The van der Waals surface area contributed by atoms with Crippen molar-refractivity contribution in [1.82, 2.24) is 0 Å². The summed E-state index contributed by atoms with van der Waals surface area (Å²) in [5.74, 6) is 0. The second-order valence-electron chi connectivity index (χ2n) is 2.25. The van der Waals surface area contributed by atoms with Crippen molar-refractivity contribution in [1.29, 1.82) is 0 Å². The highest BCUT2D eigenvalue weighted by Crippen LogP contribution is 2.29.